The van der Waals surface area contributed by atoms with Crippen LogP contribution in [0.15, 0.2) is 69.6 Å². The second-order valence-corrected chi connectivity index (χ2v) is 8.21. The topological polar surface area (TPSA) is 61.7 Å². The number of nitrogens with zero attached hydrogens (tertiary/aromatic N) is 2. The number of para-hydroxylation sites is 2. The number of allylic oxidation sites excluding steroid dienone is 1. The number of imidazole rings is 1. The van der Waals surface area contributed by atoms with Gasteiger partial charge in [-0.15, -0.1) is 0 Å². The predicted octanol–water partition coefficient (Wildman–Crippen LogP) is 6.87. The van der Waals surface area contributed by atoms with Gasteiger partial charge in [-0.25, -0.2) is 9.37 Å². The molecule has 0 amide bonds. The molecule has 148 valence electrons. The molecule has 0 aliphatic heterocycles. The number of rotatable bonds is 5. The van der Waals surface area contributed by atoms with Gasteiger partial charge in [-0.3, -0.25) is 0 Å². The highest BCUT2D eigenvalue weighted by Gasteiger charge is 2.12. The van der Waals surface area contributed by atoms with Crippen LogP contribution in [0, 0.1) is 17.1 Å². The maximum absolute atomic E-state index is 13.4. The van der Waals surface area contributed by atoms with Gasteiger partial charge in [0.25, 0.3) is 0 Å². The summed E-state index contributed by atoms with van der Waals surface area (Å²) in [6.07, 6.45) is 1.75. The summed E-state index contributed by atoms with van der Waals surface area (Å²) in [5.74, 6) is 0.806. The monoisotopic (exact) mass is 525 g/mol. The summed E-state index contributed by atoms with van der Waals surface area (Å²) in [5.41, 5.74) is 3.62. The molecule has 4 nitrogen and oxygen atoms in total. The summed E-state index contributed by atoms with van der Waals surface area (Å²) in [4.78, 5) is 7.66. The first-order valence-electron chi connectivity index (χ1n) is 8.96. The van der Waals surface area contributed by atoms with E-state index in [9.17, 15) is 9.65 Å². The van der Waals surface area contributed by atoms with E-state index in [1.54, 1.807) is 18.2 Å². The second kappa shape index (κ2) is 8.82. The summed E-state index contributed by atoms with van der Waals surface area (Å²) in [7, 11) is 0. The van der Waals surface area contributed by atoms with E-state index in [0.29, 0.717) is 26.1 Å². The molecule has 0 fully saturated rings. The average Bonchev–Trinajstić information content (AvgIpc) is 3.15. The lowest BCUT2D eigenvalue weighted by Crippen LogP contribution is -1.98. The van der Waals surface area contributed by atoms with Crippen LogP contribution < -0.4 is 4.74 Å². The minimum Gasteiger partial charge on any atom is -0.487 e. The van der Waals surface area contributed by atoms with Crippen molar-refractivity contribution in [3.63, 3.8) is 0 Å². The second-order valence-electron chi connectivity index (χ2n) is 6.50. The van der Waals surface area contributed by atoms with E-state index in [2.05, 4.69) is 47.9 Å². The molecule has 0 aliphatic carbocycles. The quantitative estimate of drug-likeness (QED) is 0.288. The Labute approximate surface area is 189 Å². The third-order valence-electron chi connectivity index (χ3n) is 4.37. The van der Waals surface area contributed by atoms with Crippen molar-refractivity contribution in [3.05, 3.63) is 92.4 Å². The van der Waals surface area contributed by atoms with Gasteiger partial charge in [0.15, 0.2) is 0 Å². The van der Waals surface area contributed by atoms with Crippen molar-refractivity contribution in [1.82, 2.24) is 9.97 Å². The van der Waals surface area contributed by atoms with Crippen molar-refractivity contribution in [1.29, 1.82) is 5.26 Å². The van der Waals surface area contributed by atoms with Crippen LogP contribution in [0.3, 0.4) is 0 Å². The van der Waals surface area contributed by atoms with Crippen molar-refractivity contribution in [2.24, 2.45) is 0 Å². The largest absolute Gasteiger partial charge is 0.487 e. The number of ether oxygens (including phenoxy) is 1. The molecule has 30 heavy (non-hydrogen) atoms. The molecule has 1 N–H and O–H groups in total. The van der Waals surface area contributed by atoms with Crippen LogP contribution in [0.2, 0.25) is 0 Å². The summed E-state index contributed by atoms with van der Waals surface area (Å²) in [6, 6.07) is 19.8. The summed E-state index contributed by atoms with van der Waals surface area (Å²) in [5, 5.41) is 9.63. The Bertz CT molecular complexity index is 1250. The van der Waals surface area contributed by atoms with Crippen molar-refractivity contribution in [2.45, 2.75) is 6.61 Å². The van der Waals surface area contributed by atoms with E-state index in [-0.39, 0.29) is 12.4 Å². The normalized spacial score (nSPS) is 11.5. The third kappa shape index (κ3) is 4.45. The molecular weight excluding hydrogens is 513 g/mol. The molecule has 4 rings (SSSR count). The zero-order chi connectivity index (χ0) is 21.1. The van der Waals surface area contributed by atoms with Gasteiger partial charge in [0.2, 0.25) is 0 Å². The molecule has 0 saturated heterocycles. The highest BCUT2D eigenvalue weighted by molar-refractivity contribution is 9.11. The summed E-state index contributed by atoms with van der Waals surface area (Å²) < 4.78 is 20.6. The minimum atomic E-state index is -0.302. The molecule has 1 heterocycles. The fraction of sp³-hybridized carbons (Fsp3) is 0.0435. The number of H-pyrrole nitrogens is 1. The zero-order valence-corrected chi connectivity index (χ0v) is 18.7. The Kier molecular flexibility index (Phi) is 5.98. The molecule has 7 heteroatoms. The number of fused-ring (bicyclic) bond motifs is 1. The van der Waals surface area contributed by atoms with E-state index in [4.69, 9.17) is 4.74 Å². The summed E-state index contributed by atoms with van der Waals surface area (Å²) >= 11 is 7.04. The lowest BCUT2D eigenvalue weighted by Gasteiger charge is -2.11. The van der Waals surface area contributed by atoms with Gasteiger partial charge in [-0.1, -0.05) is 24.3 Å². The zero-order valence-electron chi connectivity index (χ0n) is 15.5. The molecule has 0 atom stereocenters. The number of nitriles is 1. The van der Waals surface area contributed by atoms with Gasteiger partial charge in [0.1, 0.15) is 30.1 Å². The van der Waals surface area contributed by atoms with Gasteiger partial charge in [0.05, 0.1) is 25.6 Å². The van der Waals surface area contributed by atoms with Crippen LogP contribution in [0.5, 0.6) is 5.75 Å². The number of hydrogen-bond donors (Lipinski definition) is 1. The highest BCUT2D eigenvalue weighted by Crippen LogP contribution is 2.36. The van der Waals surface area contributed by atoms with Crippen molar-refractivity contribution in [3.8, 4) is 11.8 Å². The molecule has 0 radical (unpaired) electrons. The number of hydrogen-bond acceptors (Lipinski definition) is 3. The van der Waals surface area contributed by atoms with Crippen LogP contribution >= 0.6 is 31.9 Å². The van der Waals surface area contributed by atoms with Crippen molar-refractivity contribution >= 4 is 54.5 Å². The fourth-order valence-electron chi connectivity index (χ4n) is 2.98. The Morgan fingerprint density at radius 3 is 2.57 bits per heavy atom. The van der Waals surface area contributed by atoms with Crippen LogP contribution in [-0.2, 0) is 6.61 Å². The molecule has 4 aromatic rings. The Morgan fingerprint density at radius 1 is 1.10 bits per heavy atom. The van der Waals surface area contributed by atoms with E-state index in [1.807, 2.05) is 36.4 Å². The molecule has 0 bridgehead atoms. The molecule has 0 spiro atoms. The first-order valence-corrected chi connectivity index (χ1v) is 10.6. The average molecular weight is 527 g/mol. The van der Waals surface area contributed by atoms with Crippen LogP contribution in [0.1, 0.15) is 17.0 Å². The Balaban J connectivity index is 1.60. The number of halogens is 3. The number of nitrogens with one attached hydrogen (secondary N) is 1. The van der Waals surface area contributed by atoms with Crippen LogP contribution in [0.25, 0.3) is 22.7 Å². The van der Waals surface area contributed by atoms with Crippen molar-refractivity contribution in [2.75, 3.05) is 0 Å². The number of benzene rings is 3. The molecule has 3 aromatic carbocycles. The van der Waals surface area contributed by atoms with Gasteiger partial charge in [0, 0.05) is 0 Å². The molecule has 0 unspecified atom stereocenters. The first-order chi connectivity index (χ1) is 14.5. The smallest absolute Gasteiger partial charge is 0.149 e. The molecular formula is C23H14Br2FN3O. The fourth-order valence-corrected chi connectivity index (χ4v) is 4.43. The molecule has 1 aromatic heterocycles. The first kappa shape index (κ1) is 20.3. The molecule has 0 saturated carbocycles. The van der Waals surface area contributed by atoms with Gasteiger partial charge in [-0.2, -0.15) is 5.26 Å². The Morgan fingerprint density at radius 2 is 1.87 bits per heavy atom. The standard InChI is InChI=1S/C23H14Br2FN3O/c24-18-10-15(8-16(12-27)23-28-20-6-1-2-7-21(20)29-23)11-19(25)22(18)30-13-14-4-3-5-17(26)9-14/h1-11H,13H2,(H,28,29)/b16-8+. The highest BCUT2D eigenvalue weighted by atomic mass is 79.9. The lowest BCUT2D eigenvalue weighted by atomic mass is 10.1. The minimum absolute atomic E-state index is 0.229. The van der Waals surface area contributed by atoms with Crippen molar-refractivity contribution < 1.29 is 9.13 Å². The van der Waals surface area contributed by atoms with E-state index >= 15 is 0 Å². The number of aromatic amines is 1. The number of aromatic nitrogens is 2. The van der Waals surface area contributed by atoms with Crippen LogP contribution in [-0.4, -0.2) is 9.97 Å². The third-order valence-corrected chi connectivity index (χ3v) is 5.55. The maximum Gasteiger partial charge on any atom is 0.149 e. The Hall–Kier alpha value is -2.95. The molecule has 0 aliphatic rings. The summed E-state index contributed by atoms with van der Waals surface area (Å²) in [6.45, 7) is 0.229. The van der Waals surface area contributed by atoms with Gasteiger partial charge in [-0.05, 0) is 85.5 Å². The maximum atomic E-state index is 13.4. The van der Waals surface area contributed by atoms with E-state index < -0.39 is 0 Å². The van der Waals surface area contributed by atoms with E-state index in [1.165, 1.54) is 12.1 Å². The van der Waals surface area contributed by atoms with Gasteiger partial charge >= 0.3 is 0 Å². The van der Waals surface area contributed by atoms with Gasteiger partial charge < -0.3 is 9.72 Å². The van der Waals surface area contributed by atoms with E-state index in [0.717, 1.165) is 22.2 Å². The predicted molar refractivity (Wildman–Crippen MR) is 122 cm³/mol. The van der Waals surface area contributed by atoms with Crippen LogP contribution in [0.4, 0.5) is 4.39 Å². The lowest BCUT2D eigenvalue weighted by molar-refractivity contribution is 0.301. The SMILES string of the molecule is N#C/C(=C\c1cc(Br)c(OCc2cccc(F)c2)c(Br)c1)c1nc2ccccc2[nH]1.